The van der Waals surface area contributed by atoms with Crippen LogP contribution in [0.15, 0.2) is 48.5 Å². The van der Waals surface area contributed by atoms with Gasteiger partial charge < -0.3 is 20.7 Å². The van der Waals surface area contributed by atoms with E-state index >= 15 is 0 Å². The van der Waals surface area contributed by atoms with Gasteiger partial charge in [-0.05, 0) is 29.8 Å². The number of nitrogens with one attached hydrogen (secondary N) is 1. The number of hydrogen-bond acceptors (Lipinski definition) is 4. The van der Waals surface area contributed by atoms with Crippen LogP contribution in [-0.4, -0.2) is 31.5 Å². The van der Waals surface area contributed by atoms with Crippen LogP contribution in [0.3, 0.4) is 0 Å². The summed E-state index contributed by atoms with van der Waals surface area (Å²) in [7, 11) is 1.60. The first-order chi connectivity index (χ1) is 11.6. The molecule has 0 fully saturated rings. The van der Waals surface area contributed by atoms with Crippen molar-refractivity contribution in [1.82, 2.24) is 5.32 Å². The zero-order chi connectivity index (χ0) is 17.1. The Labute approximate surface area is 140 Å². The molecule has 3 rings (SSSR count). The number of ether oxygens (including phenoxy) is 1. The third kappa shape index (κ3) is 3.17. The number of fused-ring (bicyclic) bond motifs is 1. The molecule has 1 atom stereocenters. The van der Waals surface area contributed by atoms with Crippen LogP contribution in [0.5, 0.6) is 5.75 Å². The highest BCUT2D eigenvalue weighted by Crippen LogP contribution is 2.34. The molecule has 1 aliphatic heterocycles. The van der Waals surface area contributed by atoms with E-state index in [4.69, 9.17) is 10.5 Å². The fraction of sp³-hybridized carbons (Fsp3) is 0.222. The van der Waals surface area contributed by atoms with Crippen LogP contribution in [-0.2, 0) is 11.3 Å². The van der Waals surface area contributed by atoms with E-state index in [0.717, 1.165) is 11.3 Å². The quantitative estimate of drug-likeness (QED) is 0.887. The third-order valence-corrected chi connectivity index (χ3v) is 4.01. The summed E-state index contributed by atoms with van der Waals surface area (Å²) in [6.07, 6.45) is -0.560. The van der Waals surface area contributed by atoms with Crippen molar-refractivity contribution in [3.63, 3.8) is 0 Å². The lowest BCUT2D eigenvalue weighted by molar-refractivity contribution is -0.127. The molecule has 0 aromatic heterocycles. The number of primary amides is 1. The molecule has 2 aromatic rings. The van der Waals surface area contributed by atoms with Gasteiger partial charge in [-0.25, -0.2) is 0 Å². The van der Waals surface area contributed by atoms with Gasteiger partial charge in [0.15, 0.2) is 6.10 Å². The van der Waals surface area contributed by atoms with Crippen molar-refractivity contribution in [2.24, 2.45) is 5.73 Å². The molecular formula is C18H19N3O3. The molecule has 6 heteroatoms. The predicted molar refractivity (Wildman–Crippen MR) is 90.9 cm³/mol. The summed E-state index contributed by atoms with van der Waals surface area (Å²) in [6, 6.07) is 14.8. The van der Waals surface area contributed by atoms with Gasteiger partial charge in [0.2, 0.25) is 5.91 Å². The van der Waals surface area contributed by atoms with Gasteiger partial charge in [-0.3, -0.25) is 9.59 Å². The zero-order valence-electron chi connectivity index (χ0n) is 13.4. The van der Waals surface area contributed by atoms with E-state index in [1.165, 1.54) is 0 Å². The van der Waals surface area contributed by atoms with Crippen LogP contribution in [0.1, 0.15) is 15.9 Å². The molecule has 2 aromatic carbocycles. The summed E-state index contributed by atoms with van der Waals surface area (Å²) in [5, 5.41) is 2.63. The van der Waals surface area contributed by atoms with Gasteiger partial charge in [0.25, 0.3) is 5.91 Å². The van der Waals surface area contributed by atoms with Gasteiger partial charge in [0.1, 0.15) is 5.75 Å². The Kier molecular flexibility index (Phi) is 4.37. The van der Waals surface area contributed by atoms with E-state index < -0.39 is 12.0 Å². The number of hydrogen-bond donors (Lipinski definition) is 2. The van der Waals surface area contributed by atoms with Crippen LogP contribution in [0.4, 0.5) is 5.69 Å². The lowest BCUT2D eigenvalue weighted by Crippen LogP contribution is -2.47. The summed E-state index contributed by atoms with van der Waals surface area (Å²) in [5.41, 5.74) is 7.71. The Morgan fingerprint density at radius 2 is 1.92 bits per heavy atom. The molecule has 3 N–H and O–H groups in total. The Morgan fingerprint density at radius 3 is 2.58 bits per heavy atom. The van der Waals surface area contributed by atoms with Gasteiger partial charge in [-0.1, -0.05) is 24.3 Å². The number of likely N-dealkylation sites (N-methyl/N-ethyl adjacent to an activating group) is 1. The van der Waals surface area contributed by atoms with Crippen molar-refractivity contribution >= 4 is 17.5 Å². The van der Waals surface area contributed by atoms with E-state index in [1.54, 1.807) is 19.2 Å². The van der Waals surface area contributed by atoms with Crippen molar-refractivity contribution < 1.29 is 14.3 Å². The topological polar surface area (TPSA) is 84.7 Å². The predicted octanol–water partition coefficient (Wildman–Crippen LogP) is 1.30. The molecule has 1 aliphatic rings. The molecule has 6 nitrogen and oxygen atoms in total. The fourth-order valence-electron chi connectivity index (χ4n) is 2.75. The summed E-state index contributed by atoms with van der Waals surface area (Å²) >= 11 is 0. The van der Waals surface area contributed by atoms with Crippen LogP contribution in [0.2, 0.25) is 0 Å². The van der Waals surface area contributed by atoms with Crippen LogP contribution in [0.25, 0.3) is 0 Å². The molecule has 0 spiro atoms. The van der Waals surface area contributed by atoms with Crippen molar-refractivity contribution in [1.29, 1.82) is 0 Å². The minimum Gasteiger partial charge on any atom is -0.477 e. The second kappa shape index (κ2) is 6.62. The second-order valence-corrected chi connectivity index (χ2v) is 5.63. The highest BCUT2D eigenvalue weighted by molar-refractivity contribution is 5.92. The smallest absolute Gasteiger partial charge is 0.262 e. The van der Waals surface area contributed by atoms with Gasteiger partial charge in [0.05, 0.1) is 12.2 Å². The first kappa shape index (κ1) is 15.9. The number of nitrogens with zero attached hydrogens (tertiary/aromatic N) is 1. The second-order valence-electron chi connectivity index (χ2n) is 5.63. The average Bonchev–Trinajstić information content (AvgIpc) is 2.61. The Bertz CT molecular complexity index is 758. The largest absolute Gasteiger partial charge is 0.477 e. The lowest BCUT2D eigenvalue weighted by atomic mass is 10.1. The van der Waals surface area contributed by atoms with Crippen molar-refractivity contribution in [3.8, 4) is 5.75 Å². The van der Waals surface area contributed by atoms with Gasteiger partial charge in [0, 0.05) is 19.2 Å². The highest BCUT2D eigenvalue weighted by Gasteiger charge is 2.29. The summed E-state index contributed by atoms with van der Waals surface area (Å²) in [4.78, 5) is 25.2. The van der Waals surface area contributed by atoms with E-state index in [0.29, 0.717) is 24.4 Å². The maximum absolute atomic E-state index is 12.0. The molecular weight excluding hydrogens is 306 g/mol. The molecule has 1 heterocycles. The number of carbonyl (C=O) groups is 2. The first-order valence-corrected chi connectivity index (χ1v) is 7.69. The Morgan fingerprint density at radius 1 is 1.21 bits per heavy atom. The third-order valence-electron chi connectivity index (χ3n) is 4.01. The molecule has 24 heavy (non-hydrogen) atoms. The molecule has 2 amide bonds. The number of benzene rings is 2. The normalized spacial score (nSPS) is 16.0. The standard InChI is InChI=1S/C18H19N3O3/c1-20-18(23)16-11-21(14-4-2-3-5-15(14)24-16)10-12-6-8-13(9-7-12)17(19)22/h2-9,16H,10-11H2,1H3,(H2,19,22)(H,20,23). The average molecular weight is 325 g/mol. The maximum Gasteiger partial charge on any atom is 0.262 e. The number of anilines is 1. The highest BCUT2D eigenvalue weighted by atomic mass is 16.5. The number of carbonyl (C=O) groups excluding carboxylic acids is 2. The van der Waals surface area contributed by atoms with Gasteiger partial charge >= 0.3 is 0 Å². The number of nitrogens with two attached hydrogens (primary N) is 1. The van der Waals surface area contributed by atoms with Crippen LogP contribution < -0.4 is 20.7 Å². The first-order valence-electron chi connectivity index (χ1n) is 7.69. The van der Waals surface area contributed by atoms with Crippen molar-refractivity contribution in [2.75, 3.05) is 18.5 Å². The molecule has 124 valence electrons. The summed E-state index contributed by atoms with van der Waals surface area (Å²) in [5.74, 6) is 0.0858. The Balaban J connectivity index is 1.85. The monoisotopic (exact) mass is 325 g/mol. The Hall–Kier alpha value is -3.02. The maximum atomic E-state index is 12.0. The summed E-state index contributed by atoms with van der Waals surface area (Å²) < 4.78 is 5.79. The summed E-state index contributed by atoms with van der Waals surface area (Å²) in [6.45, 7) is 1.06. The van der Waals surface area contributed by atoms with Gasteiger partial charge in [-0.2, -0.15) is 0 Å². The van der Waals surface area contributed by atoms with Crippen LogP contribution in [0, 0.1) is 0 Å². The molecule has 0 saturated heterocycles. The van der Waals surface area contributed by atoms with Crippen molar-refractivity contribution in [3.05, 3.63) is 59.7 Å². The van der Waals surface area contributed by atoms with Crippen molar-refractivity contribution in [2.45, 2.75) is 12.6 Å². The minimum absolute atomic E-state index is 0.154. The SMILES string of the molecule is CNC(=O)C1CN(Cc2ccc(C(N)=O)cc2)c2ccccc2O1. The number of para-hydroxylation sites is 2. The lowest BCUT2D eigenvalue weighted by Gasteiger charge is -2.35. The molecule has 0 bridgehead atoms. The molecule has 0 aliphatic carbocycles. The zero-order valence-corrected chi connectivity index (χ0v) is 13.4. The molecule has 0 radical (unpaired) electrons. The van der Waals surface area contributed by atoms with E-state index in [9.17, 15) is 9.59 Å². The molecule has 0 saturated carbocycles. The minimum atomic E-state index is -0.560. The van der Waals surface area contributed by atoms with Crippen LogP contribution >= 0.6 is 0 Å². The fourth-order valence-corrected chi connectivity index (χ4v) is 2.75. The van der Waals surface area contributed by atoms with E-state index in [1.807, 2.05) is 36.4 Å². The number of amides is 2. The van der Waals surface area contributed by atoms with E-state index in [2.05, 4.69) is 10.2 Å². The molecule has 1 unspecified atom stereocenters. The number of rotatable bonds is 4. The van der Waals surface area contributed by atoms with E-state index in [-0.39, 0.29) is 5.91 Å². The van der Waals surface area contributed by atoms with Gasteiger partial charge in [-0.15, -0.1) is 0 Å².